The number of carbonyl (C=O) groups excluding carboxylic acids is 2. The maximum Gasteiger partial charge on any atom is 0.261 e. The summed E-state index contributed by atoms with van der Waals surface area (Å²) in [7, 11) is 0. The molecule has 7 nitrogen and oxygen atoms in total. The molecule has 4 heterocycles. The number of hydrogen-bond acceptors (Lipinski definition) is 7. The number of allylic oxidation sites excluding steroid dienone is 2. The first-order chi connectivity index (χ1) is 13.4. The fourth-order valence-electron chi connectivity index (χ4n) is 6.41. The zero-order valence-corrected chi connectivity index (χ0v) is 16.9. The number of aliphatic hydroxyl groups excluding tert-OH is 3. The van der Waals surface area contributed by atoms with Gasteiger partial charge in [0.05, 0.1) is 30.4 Å². The topological polar surface area (TPSA) is 101 Å². The number of amides is 2. The quantitative estimate of drug-likeness (QED) is 0.532. The van der Waals surface area contributed by atoms with Crippen LogP contribution < -0.4 is 0 Å². The van der Waals surface area contributed by atoms with Gasteiger partial charge in [-0.1, -0.05) is 18.2 Å². The minimum atomic E-state index is -1.10. The van der Waals surface area contributed by atoms with E-state index in [4.69, 9.17) is 0 Å². The summed E-state index contributed by atoms with van der Waals surface area (Å²) < 4.78 is 0. The predicted octanol–water partition coefficient (Wildman–Crippen LogP) is -0.328. The molecule has 0 radical (unpaired) electrons. The summed E-state index contributed by atoms with van der Waals surface area (Å²) >= 11 is 2.67. The van der Waals surface area contributed by atoms with Crippen molar-refractivity contribution in [2.24, 2.45) is 5.92 Å². The lowest BCUT2D eigenvalue weighted by Gasteiger charge is -2.58. The van der Waals surface area contributed by atoms with Gasteiger partial charge in [0.1, 0.15) is 0 Å². The van der Waals surface area contributed by atoms with Crippen LogP contribution in [0.2, 0.25) is 0 Å². The summed E-state index contributed by atoms with van der Waals surface area (Å²) in [4.78, 5) is 29.1. The molecule has 6 rings (SSSR count). The highest BCUT2D eigenvalue weighted by Crippen LogP contribution is 2.65. The van der Waals surface area contributed by atoms with Crippen molar-refractivity contribution >= 4 is 35.3 Å². The first-order valence-electron chi connectivity index (χ1n) is 9.68. The molecule has 0 aromatic heterocycles. The SMILES string of the molecule is CSC12CC3=CC=CC(O)C3N1C(=O)C13CC4C(O)CC(S1)C(O)C4N3C2=O. The average molecular weight is 423 g/mol. The number of nitrogens with zero attached hydrogens (tertiary/aromatic N) is 2. The molecule has 2 amide bonds. The zero-order valence-electron chi connectivity index (χ0n) is 15.3. The third-order valence-corrected chi connectivity index (χ3v) is 10.5. The van der Waals surface area contributed by atoms with Crippen molar-refractivity contribution in [3.63, 3.8) is 0 Å². The molecule has 2 aliphatic carbocycles. The van der Waals surface area contributed by atoms with E-state index in [1.165, 1.54) is 23.5 Å². The van der Waals surface area contributed by atoms with Gasteiger partial charge in [0.25, 0.3) is 11.8 Å². The minimum absolute atomic E-state index is 0.160. The first-order valence-corrected chi connectivity index (χ1v) is 11.8. The monoisotopic (exact) mass is 422 g/mol. The largest absolute Gasteiger partial charge is 0.393 e. The maximum absolute atomic E-state index is 14.0. The van der Waals surface area contributed by atoms with Gasteiger partial charge in [-0.05, 0) is 24.7 Å². The van der Waals surface area contributed by atoms with Crippen molar-refractivity contribution < 1.29 is 24.9 Å². The summed E-state index contributed by atoms with van der Waals surface area (Å²) in [6, 6.07) is -1.04. The molecule has 0 aromatic carbocycles. The molecule has 0 aromatic rings. The Bertz CT molecular complexity index is 859. The van der Waals surface area contributed by atoms with E-state index in [-0.39, 0.29) is 23.0 Å². The maximum atomic E-state index is 14.0. The van der Waals surface area contributed by atoms with Crippen molar-refractivity contribution in [2.45, 2.75) is 64.6 Å². The third-order valence-electron chi connectivity index (χ3n) is 7.56. The van der Waals surface area contributed by atoms with Gasteiger partial charge in [-0.3, -0.25) is 9.59 Å². The number of piperazine rings is 1. The Hall–Kier alpha value is -1.00. The van der Waals surface area contributed by atoms with Gasteiger partial charge >= 0.3 is 0 Å². The Labute approximate surface area is 170 Å². The van der Waals surface area contributed by atoms with E-state index in [2.05, 4.69) is 0 Å². The molecule has 9 heteroatoms. The molecule has 3 bridgehead atoms. The number of rotatable bonds is 1. The molecular weight excluding hydrogens is 400 g/mol. The van der Waals surface area contributed by atoms with Crippen LogP contribution in [0.4, 0.5) is 0 Å². The minimum Gasteiger partial charge on any atom is -0.393 e. The van der Waals surface area contributed by atoms with Crippen LogP contribution in [0.5, 0.6) is 0 Å². The number of fused-ring (bicyclic) bond motifs is 4. The van der Waals surface area contributed by atoms with Gasteiger partial charge in [-0.2, -0.15) is 0 Å². The van der Waals surface area contributed by atoms with Crippen LogP contribution in [0, 0.1) is 5.92 Å². The Morgan fingerprint density at radius 3 is 2.75 bits per heavy atom. The summed E-state index contributed by atoms with van der Waals surface area (Å²) in [5.74, 6) is -0.624. The van der Waals surface area contributed by atoms with E-state index < -0.39 is 40.1 Å². The normalized spacial score (nSPS) is 53.3. The summed E-state index contributed by atoms with van der Waals surface area (Å²) in [6.45, 7) is 0. The van der Waals surface area contributed by atoms with E-state index in [1.54, 1.807) is 22.0 Å². The Morgan fingerprint density at radius 2 is 2.00 bits per heavy atom. The molecule has 150 valence electrons. The molecule has 6 aliphatic rings. The third kappa shape index (κ3) is 1.74. The number of thioether (sulfide) groups is 2. The van der Waals surface area contributed by atoms with Crippen molar-refractivity contribution in [3.8, 4) is 0 Å². The number of hydrogen-bond donors (Lipinski definition) is 3. The molecule has 5 fully saturated rings. The molecule has 1 saturated carbocycles. The average Bonchev–Trinajstić information content (AvgIpc) is 3.12. The van der Waals surface area contributed by atoms with Crippen LogP contribution in [-0.2, 0) is 9.59 Å². The van der Waals surface area contributed by atoms with E-state index >= 15 is 0 Å². The lowest BCUT2D eigenvalue weighted by Crippen LogP contribution is -2.77. The number of carbonyl (C=O) groups is 2. The Morgan fingerprint density at radius 1 is 1.21 bits per heavy atom. The van der Waals surface area contributed by atoms with E-state index in [9.17, 15) is 24.9 Å². The van der Waals surface area contributed by atoms with Crippen molar-refractivity contribution in [2.75, 3.05) is 6.26 Å². The van der Waals surface area contributed by atoms with Crippen LogP contribution in [0.3, 0.4) is 0 Å². The molecule has 0 spiro atoms. The van der Waals surface area contributed by atoms with Gasteiger partial charge in [0.15, 0.2) is 9.74 Å². The highest BCUT2D eigenvalue weighted by Gasteiger charge is 2.77. The molecular formula is C19H22N2O5S2. The van der Waals surface area contributed by atoms with E-state index in [0.29, 0.717) is 19.3 Å². The molecule has 4 aliphatic heterocycles. The second-order valence-electron chi connectivity index (χ2n) is 8.67. The Kier molecular flexibility index (Phi) is 3.42. The Balaban J connectivity index is 1.54. The summed E-state index contributed by atoms with van der Waals surface area (Å²) in [5.41, 5.74) is 0.895. The smallest absolute Gasteiger partial charge is 0.261 e. The van der Waals surface area contributed by atoms with Gasteiger partial charge in [-0.25, -0.2) is 0 Å². The number of aliphatic hydroxyl groups is 3. The van der Waals surface area contributed by atoms with Gasteiger partial charge < -0.3 is 25.1 Å². The molecule has 3 N–H and O–H groups in total. The van der Waals surface area contributed by atoms with Crippen molar-refractivity contribution in [1.29, 1.82) is 0 Å². The van der Waals surface area contributed by atoms with E-state index in [0.717, 1.165) is 5.57 Å². The fourth-order valence-corrected chi connectivity index (χ4v) is 9.29. The molecule has 28 heavy (non-hydrogen) atoms. The summed E-state index contributed by atoms with van der Waals surface area (Å²) in [5, 5.41) is 31.9. The molecule has 9 atom stereocenters. The summed E-state index contributed by atoms with van der Waals surface area (Å²) in [6.07, 6.45) is 6.16. The molecule has 9 unspecified atom stereocenters. The first kappa shape index (κ1) is 17.8. The van der Waals surface area contributed by atoms with Gasteiger partial charge in [0.2, 0.25) is 0 Å². The standard InChI is InChI=1S/C19H22N2O5S2/c1-27-18-6-8-3-2-4-10(22)13(8)20(18)17(26)19-7-9-11(23)5-12(28-19)15(24)14(9)21(19)16(18)25/h2-4,9-15,22-24H,5-7H2,1H3. The van der Waals surface area contributed by atoms with E-state index in [1.807, 2.05) is 12.3 Å². The lowest BCUT2D eigenvalue weighted by molar-refractivity contribution is -0.171. The highest BCUT2D eigenvalue weighted by atomic mass is 32.2. The second kappa shape index (κ2) is 5.37. The van der Waals surface area contributed by atoms with Crippen molar-refractivity contribution in [1.82, 2.24) is 9.80 Å². The second-order valence-corrected chi connectivity index (χ2v) is 11.3. The van der Waals surface area contributed by atoms with Gasteiger partial charge in [-0.15, -0.1) is 23.5 Å². The van der Waals surface area contributed by atoms with Crippen molar-refractivity contribution in [3.05, 3.63) is 23.8 Å². The van der Waals surface area contributed by atoms with Crippen LogP contribution in [0.1, 0.15) is 19.3 Å². The van der Waals surface area contributed by atoms with Crippen LogP contribution in [-0.4, -0.2) is 88.6 Å². The highest BCUT2D eigenvalue weighted by molar-refractivity contribution is 8.02. The lowest BCUT2D eigenvalue weighted by atomic mass is 9.80. The fraction of sp³-hybridized carbons (Fsp3) is 0.684. The van der Waals surface area contributed by atoms with Gasteiger partial charge in [0, 0.05) is 17.6 Å². The van der Waals surface area contributed by atoms with Crippen LogP contribution in [0.15, 0.2) is 23.8 Å². The predicted molar refractivity (Wildman–Crippen MR) is 104 cm³/mol. The zero-order chi connectivity index (χ0) is 19.6. The van der Waals surface area contributed by atoms with Crippen LogP contribution in [0.25, 0.3) is 0 Å². The molecule has 4 saturated heterocycles. The van der Waals surface area contributed by atoms with Crippen LogP contribution >= 0.6 is 23.5 Å².